The van der Waals surface area contributed by atoms with Crippen molar-refractivity contribution >= 4 is 17.0 Å². The second kappa shape index (κ2) is 4.44. The smallest absolute Gasteiger partial charge is 0.112 e. The first-order valence-corrected chi connectivity index (χ1v) is 5.83. The van der Waals surface area contributed by atoms with Crippen LogP contribution >= 0.6 is 11.3 Å². The van der Waals surface area contributed by atoms with E-state index in [-0.39, 0.29) is 0 Å². The third kappa shape index (κ3) is 2.56. The van der Waals surface area contributed by atoms with Gasteiger partial charge >= 0.3 is 0 Å². The summed E-state index contributed by atoms with van der Waals surface area (Å²) < 4.78 is 1.90. The van der Waals surface area contributed by atoms with Crippen molar-refractivity contribution in [2.75, 3.05) is 5.32 Å². The minimum atomic E-state index is 0.772. The maximum Gasteiger partial charge on any atom is 0.112 e. The van der Waals surface area contributed by atoms with E-state index in [4.69, 9.17) is 0 Å². The van der Waals surface area contributed by atoms with Gasteiger partial charge in [-0.25, -0.2) is 4.98 Å². The summed E-state index contributed by atoms with van der Waals surface area (Å²) in [6.07, 6.45) is 3.84. The van der Waals surface area contributed by atoms with E-state index < -0.39 is 0 Å². The van der Waals surface area contributed by atoms with E-state index in [0.717, 1.165) is 29.5 Å². The van der Waals surface area contributed by atoms with Gasteiger partial charge in [-0.3, -0.25) is 4.68 Å². The molecule has 0 bridgehead atoms. The van der Waals surface area contributed by atoms with Gasteiger partial charge in [0.1, 0.15) is 5.01 Å². The topological polar surface area (TPSA) is 42.7 Å². The molecule has 0 unspecified atom stereocenters. The number of nitrogens with zero attached hydrogens (tertiary/aromatic N) is 3. The average Bonchev–Trinajstić information content (AvgIpc) is 2.83. The Hall–Kier alpha value is -1.36. The molecule has 2 aromatic rings. The minimum Gasteiger partial charge on any atom is -0.376 e. The highest BCUT2D eigenvalue weighted by Crippen LogP contribution is 2.11. The summed E-state index contributed by atoms with van der Waals surface area (Å²) in [7, 11) is 0. The normalized spacial score (nSPS) is 10.5. The van der Waals surface area contributed by atoms with Crippen LogP contribution in [-0.4, -0.2) is 14.8 Å². The molecule has 5 heteroatoms. The Morgan fingerprint density at radius 3 is 3.00 bits per heavy atom. The molecule has 0 aliphatic carbocycles. The maximum atomic E-state index is 4.38. The maximum absolute atomic E-state index is 4.38. The van der Waals surface area contributed by atoms with Gasteiger partial charge in [0.2, 0.25) is 0 Å². The van der Waals surface area contributed by atoms with Gasteiger partial charge in [0.15, 0.2) is 0 Å². The van der Waals surface area contributed by atoms with E-state index >= 15 is 0 Å². The summed E-state index contributed by atoms with van der Waals surface area (Å²) in [5.74, 6) is 0. The molecule has 0 aliphatic heterocycles. The summed E-state index contributed by atoms with van der Waals surface area (Å²) in [5, 5.41) is 10.7. The SMILES string of the molecule is CCn1cc(NCc2nc(C)cs2)cn1. The summed E-state index contributed by atoms with van der Waals surface area (Å²) in [5.41, 5.74) is 2.13. The third-order valence-electron chi connectivity index (χ3n) is 2.07. The van der Waals surface area contributed by atoms with E-state index in [1.165, 1.54) is 0 Å². The number of aromatic nitrogens is 3. The van der Waals surface area contributed by atoms with Crippen LogP contribution in [-0.2, 0) is 13.1 Å². The van der Waals surface area contributed by atoms with Crippen LogP contribution in [0.3, 0.4) is 0 Å². The molecule has 0 saturated carbocycles. The fourth-order valence-electron chi connectivity index (χ4n) is 1.29. The Morgan fingerprint density at radius 2 is 2.40 bits per heavy atom. The standard InChI is InChI=1S/C10H14N4S/c1-3-14-6-9(4-12-14)11-5-10-13-8(2)7-15-10/h4,6-7,11H,3,5H2,1-2H3. The van der Waals surface area contributed by atoms with Crippen molar-refractivity contribution in [3.63, 3.8) is 0 Å². The molecule has 4 nitrogen and oxygen atoms in total. The number of aryl methyl sites for hydroxylation is 2. The molecule has 2 aromatic heterocycles. The predicted octanol–water partition coefficient (Wildman–Crippen LogP) is 2.28. The zero-order valence-corrected chi connectivity index (χ0v) is 9.71. The molecule has 2 heterocycles. The van der Waals surface area contributed by atoms with E-state index in [0.29, 0.717) is 0 Å². The van der Waals surface area contributed by atoms with Crippen molar-refractivity contribution in [3.05, 3.63) is 28.5 Å². The van der Waals surface area contributed by atoms with Gasteiger partial charge < -0.3 is 5.32 Å². The molecular formula is C10H14N4S. The molecule has 80 valence electrons. The summed E-state index contributed by atoms with van der Waals surface area (Å²) >= 11 is 1.68. The van der Waals surface area contributed by atoms with Crippen LogP contribution in [0.15, 0.2) is 17.8 Å². The molecule has 0 radical (unpaired) electrons. The minimum absolute atomic E-state index is 0.772. The van der Waals surface area contributed by atoms with Crippen molar-refractivity contribution in [3.8, 4) is 0 Å². The number of hydrogen-bond donors (Lipinski definition) is 1. The second-order valence-corrected chi connectivity index (χ2v) is 4.26. The molecule has 0 atom stereocenters. The lowest BCUT2D eigenvalue weighted by molar-refractivity contribution is 0.660. The van der Waals surface area contributed by atoms with E-state index in [1.54, 1.807) is 11.3 Å². The van der Waals surface area contributed by atoms with Crippen LogP contribution in [0.25, 0.3) is 0 Å². The van der Waals surface area contributed by atoms with Crippen LogP contribution in [0.1, 0.15) is 17.6 Å². The fraction of sp³-hybridized carbons (Fsp3) is 0.400. The summed E-state index contributed by atoms with van der Waals surface area (Å²) in [6.45, 7) is 5.75. The van der Waals surface area contributed by atoms with E-state index in [9.17, 15) is 0 Å². The van der Waals surface area contributed by atoms with Gasteiger partial charge in [0.05, 0.1) is 18.4 Å². The predicted molar refractivity (Wildman–Crippen MR) is 62.1 cm³/mol. The van der Waals surface area contributed by atoms with Gasteiger partial charge in [-0.1, -0.05) is 0 Å². The Kier molecular flexibility index (Phi) is 3.01. The van der Waals surface area contributed by atoms with Gasteiger partial charge in [-0.15, -0.1) is 11.3 Å². The second-order valence-electron chi connectivity index (χ2n) is 3.32. The first-order chi connectivity index (χ1) is 7.28. The van der Waals surface area contributed by atoms with Crippen molar-refractivity contribution in [2.45, 2.75) is 26.9 Å². The van der Waals surface area contributed by atoms with Crippen molar-refractivity contribution in [2.24, 2.45) is 0 Å². The zero-order chi connectivity index (χ0) is 10.7. The molecule has 2 rings (SSSR count). The Morgan fingerprint density at radius 1 is 1.53 bits per heavy atom. The van der Waals surface area contributed by atoms with Gasteiger partial charge in [0.25, 0.3) is 0 Å². The molecule has 0 amide bonds. The lowest BCUT2D eigenvalue weighted by atomic mass is 10.5. The van der Waals surface area contributed by atoms with Crippen LogP contribution in [0, 0.1) is 6.92 Å². The number of rotatable bonds is 4. The molecule has 0 spiro atoms. The lowest BCUT2D eigenvalue weighted by Gasteiger charge is -1.98. The first-order valence-electron chi connectivity index (χ1n) is 4.95. The molecule has 0 aliphatic rings. The highest BCUT2D eigenvalue weighted by molar-refractivity contribution is 7.09. The monoisotopic (exact) mass is 222 g/mol. The van der Waals surface area contributed by atoms with Crippen molar-refractivity contribution < 1.29 is 0 Å². The lowest BCUT2D eigenvalue weighted by Crippen LogP contribution is -1.98. The first kappa shape index (κ1) is 10.2. The highest BCUT2D eigenvalue weighted by atomic mass is 32.1. The average molecular weight is 222 g/mol. The Balaban J connectivity index is 1.93. The van der Waals surface area contributed by atoms with Gasteiger partial charge in [0, 0.05) is 23.8 Å². The highest BCUT2D eigenvalue weighted by Gasteiger charge is 2.00. The molecule has 15 heavy (non-hydrogen) atoms. The largest absolute Gasteiger partial charge is 0.376 e. The van der Waals surface area contributed by atoms with Crippen LogP contribution in [0.2, 0.25) is 0 Å². The van der Waals surface area contributed by atoms with E-state index in [2.05, 4.69) is 27.7 Å². The summed E-state index contributed by atoms with van der Waals surface area (Å²) in [4.78, 5) is 4.38. The van der Waals surface area contributed by atoms with E-state index in [1.807, 2.05) is 24.0 Å². The Labute approximate surface area is 93.0 Å². The number of hydrogen-bond acceptors (Lipinski definition) is 4. The molecule has 0 saturated heterocycles. The molecule has 0 fully saturated rings. The fourth-order valence-corrected chi connectivity index (χ4v) is 2.00. The van der Waals surface area contributed by atoms with Crippen LogP contribution < -0.4 is 5.32 Å². The number of thiazole rings is 1. The van der Waals surface area contributed by atoms with Crippen LogP contribution in [0.5, 0.6) is 0 Å². The third-order valence-corrected chi connectivity index (χ3v) is 3.03. The van der Waals surface area contributed by atoms with Gasteiger partial charge in [-0.05, 0) is 13.8 Å². The van der Waals surface area contributed by atoms with Crippen molar-refractivity contribution in [1.29, 1.82) is 0 Å². The summed E-state index contributed by atoms with van der Waals surface area (Å²) in [6, 6.07) is 0. The number of nitrogens with one attached hydrogen (secondary N) is 1. The quantitative estimate of drug-likeness (QED) is 0.863. The molecule has 1 N–H and O–H groups in total. The van der Waals surface area contributed by atoms with Crippen molar-refractivity contribution in [1.82, 2.24) is 14.8 Å². The molecule has 0 aromatic carbocycles. The molecular weight excluding hydrogens is 208 g/mol. The number of anilines is 1. The van der Waals surface area contributed by atoms with Gasteiger partial charge in [-0.2, -0.15) is 5.10 Å². The Bertz CT molecular complexity index is 432. The zero-order valence-electron chi connectivity index (χ0n) is 8.90. The van der Waals surface area contributed by atoms with Crippen LogP contribution in [0.4, 0.5) is 5.69 Å².